The van der Waals surface area contributed by atoms with Crippen molar-refractivity contribution in [3.05, 3.63) is 54.9 Å². The molecule has 2 rings (SSSR count). The van der Waals surface area contributed by atoms with Gasteiger partial charge >= 0.3 is 0 Å². The van der Waals surface area contributed by atoms with Crippen LogP contribution in [-0.2, 0) is 0 Å². The van der Waals surface area contributed by atoms with Gasteiger partial charge in [0, 0.05) is 17.5 Å². The maximum atomic E-state index is 5.67. The van der Waals surface area contributed by atoms with E-state index in [2.05, 4.69) is 23.7 Å². The normalized spacial score (nSPS) is 10.0. The number of nitrogens with two attached hydrogens (primary N) is 1. The Labute approximate surface area is 83.1 Å². The van der Waals surface area contributed by atoms with Crippen LogP contribution in [0.3, 0.4) is 0 Å². The molecule has 0 radical (unpaired) electrons. The van der Waals surface area contributed by atoms with E-state index in [4.69, 9.17) is 5.73 Å². The van der Waals surface area contributed by atoms with E-state index in [-0.39, 0.29) is 0 Å². The molecule has 0 aliphatic heterocycles. The Bertz CT molecular complexity index is 440. The van der Waals surface area contributed by atoms with Gasteiger partial charge in [-0.15, -0.1) is 0 Å². The van der Waals surface area contributed by atoms with Crippen molar-refractivity contribution in [3.63, 3.8) is 0 Å². The minimum absolute atomic E-state index is 0.564. The third-order valence-electron chi connectivity index (χ3n) is 2.15. The molecule has 0 fully saturated rings. The minimum Gasteiger partial charge on any atom is -0.398 e. The zero-order chi connectivity index (χ0) is 9.97. The zero-order valence-corrected chi connectivity index (χ0v) is 7.83. The summed E-state index contributed by atoms with van der Waals surface area (Å²) in [6.45, 7) is 3.73. The van der Waals surface area contributed by atoms with Gasteiger partial charge in [0.2, 0.25) is 0 Å². The largest absolute Gasteiger partial charge is 0.398 e. The number of rotatable bonds is 2. The van der Waals surface area contributed by atoms with Crippen molar-refractivity contribution >= 4 is 5.70 Å². The molecule has 3 N–H and O–H groups in total. The Kier molecular flexibility index (Phi) is 2.11. The third kappa shape index (κ3) is 1.42. The van der Waals surface area contributed by atoms with E-state index in [1.807, 2.05) is 30.5 Å². The summed E-state index contributed by atoms with van der Waals surface area (Å²) in [6, 6.07) is 12.1. The fourth-order valence-electron chi connectivity index (χ4n) is 1.49. The molecular weight excluding hydrogens is 172 g/mol. The average molecular weight is 184 g/mol. The van der Waals surface area contributed by atoms with E-state index in [1.165, 1.54) is 0 Å². The first-order valence-electron chi connectivity index (χ1n) is 4.46. The number of nitrogens with one attached hydrogen (secondary N) is 1. The Morgan fingerprint density at radius 3 is 2.50 bits per heavy atom. The Morgan fingerprint density at radius 2 is 1.86 bits per heavy atom. The molecule has 1 heterocycles. The summed E-state index contributed by atoms with van der Waals surface area (Å²) in [4.78, 5) is 3.08. The maximum absolute atomic E-state index is 5.67. The van der Waals surface area contributed by atoms with Gasteiger partial charge in [-0.1, -0.05) is 36.9 Å². The molecule has 0 atom stereocenters. The zero-order valence-electron chi connectivity index (χ0n) is 7.83. The SMILES string of the molecule is C=C(N)c1[nH]ccc1-c1ccccc1. The molecule has 1 aromatic heterocycles. The highest BCUT2D eigenvalue weighted by Gasteiger charge is 2.05. The average Bonchev–Trinajstić information content (AvgIpc) is 2.67. The van der Waals surface area contributed by atoms with Crippen LogP contribution < -0.4 is 5.73 Å². The van der Waals surface area contributed by atoms with Gasteiger partial charge in [-0.3, -0.25) is 0 Å². The van der Waals surface area contributed by atoms with Crippen LogP contribution in [0.15, 0.2) is 49.2 Å². The van der Waals surface area contributed by atoms with Crippen LogP contribution in [0, 0.1) is 0 Å². The van der Waals surface area contributed by atoms with Crippen molar-refractivity contribution < 1.29 is 0 Å². The molecule has 0 bridgehead atoms. The molecule has 0 saturated heterocycles. The Balaban J connectivity index is 2.52. The highest BCUT2D eigenvalue weighted by atomic mass is 14.7. The summed E-state index contributed by atoms with van der Waals surface area (Å²) in [5.41, 5.74) is 9.38. The molecular formula is C12H12N2. The smallest absolute Gasteiger partial charge is 0.0687 e. The van der Waals surface area contributed by atoms with Crippen LogP contribution in [0.5, 0.6) is 0 Å². The van der Waals surface area contributed by atoms with Gasteiger partial charge in [0.15, 0.2) is 0 Å². The third-order valence-corrected chi connectivity index (χ3v) is 2.15. The molecule has 0 saturated carbocycles. The fourth-order valence-corrected chi connectivity index (χ4v) is 1.49. The van der Waals surface area contributed by atoms with E-state index < -0.39 is 0 Å². The van der Waals surface area contributed by atoms with Crippen LogP contribution in [0.25, 0.3) is 16.8 Å². The molecule has 70 valence electrons. The highest BCUT2D eigenvalue weighted by Crippen LogP contribution is 2.24. The number of aromatic nitrogens is 1. The van der Waals surface area contributed by atoms with Gasteiger partial charge in [-0.25, -0.2) is 0 Å². The fraction of sp³-hybridized carbons (Fsp3) is 0. The predicted octanol–water partition coefficient (Wildman–Crippen LogP) is 2.61. The van der Waals surface area contributed by atoms with Crippen molar-refractivity contribution in [2.45, 2.75) is 0 Å². The van der Waals surface area contributed by atoms with E-state index in [9.17, 15) is 0 Å². The second kappa shape index (κ2) is 3.42. The standard InChI is InChI=1S/C12H12N2/c1-9(13)12-11(7-8-14-12)10-5-3-2-4-6-10/h2-8,14H,1,13H2. The van der Waals surface area contributed by atoms with Crippen molar-refractivity contribution in [2.24, 2.45) is 5.73 Å². The van der Waals surface area contributed by atoms with Crippen LogP contribution >= 0.6 is 0 Å². The van der Waals surface area contributed by atoms with Crippen molar-refractivity contribution in [1.82, 2.24) is 4.98 Å². The molecule has 0 aliphatic rings. The molecule has 2 heteroatoms. The lowest BCUT2D eigenvalue weighted by molar-refractivity contribution is 1.33. The minimum atomic E-state index is 0.564. The van der Waals surface area contributed by atoms with Gasteiger partial charge in [-0.2, -0.15) is 0 Å². The molecule has 2 aromatic rings. The lowest BCUT2D eigenvalue weighted by Crippen LogP contribution is -1.95. The number of aromatic amines is 1. The van der Waals surface area contributed by atoms with Crippen molar-refractivity contribution in [1.29, 1.82) is 0 Å². The molecule has 0 aliphatic carbocycles. The van der Waals surface area contributed by atoms with Gasteiger partial charge in [0.25, 0.3) is 0 Å². The topological polar surface area (TPSA) is 41.8 Å². The lowest BCUT2D eigenvalue weighted by atomic mass is 10.1. The second-order valence-electron chi connectivity index (χ2n) is 3.16. The van der Waals surface area contributed by atoms with E-state index in [1.54, 1.807) is 0 Å². The number of H-pyrrole nitrogens is 1. The molecule has 0 unspecified atom stereocenters. The Hall–Kier alpha value is -1.96. The quantitative estimate of drug-likeness (QED) is 0.740. The summed E-state index contributed by atoms with van der Waals surface area (Å²) in [7, 11) is 0. The molecule has 14 heavy (non-hydrogen) atoms. The van der Waals surface area contributed by atoms with Crippen LogP contribution in [0.2, 0.25) is 0 Å². The van der Waals surface area contributed by atoms with Crippen LogP contribution in [-0.4, -0.2) is 4.98 Å². The van der Waals surface area contributed by atoms with E-state index in [0.717, 1.165) is 16.8 Å². The van der Waals surface area contributed by atoms with Crippen molar-refractivity contribution in [3.8, 4) is 11.1 Å². The molecule has 1 aromatic carbocycles. The number of benzene rings is 1. The highest BCUT2D eigenvalue weighted by molar-refractivity contribution is 5.77. The number of hydrogen-bond acceptors (Lipinski definition) is 1. The summed E-state index contributed by atoms with van der Waals surface area (Å²) in [5, 5.41) is 0. The Morgan fingerprint density at radius 1 is 1.14 bits per heavy atom. The second-order valence-corrected chi connectivity index (χ2v) is 3.16. The van der Waals surface area contributed by atoms with Crippen LogP contribution in [0.4, 0.5) is 0 Å². The maximum Gasteiger partial charge on any atom is 0.0687 e. The van der Waals surface area contributed by atoms with Gasteiger partial charge < -0.3 is 10.7 Å². The first-order chi connectivity index (χ1) is 6.79. The summed E-state index contributed by atoms with van der Waals surface area (Å²) < 4.78 is 0. The van der Waals surface area contributed by atoms with Crippen molar-refractivity contribution in [2.75, 3.05) is 0 Å². The lowest BCUT2D eigenvalue weighted by Gasteiger charge is -2.02. The number of hydrogen-bond donors (Lipinski definition) is 2. The van der Waals surface area contributed by atoms with Gasteiger partial charge in [-0.05, 0) is 11.6 Å². The summed E-state index contributed by atoms with van der Waals surface area (Å²) in [5.74, 6) is 0. The summed E-state index contributed by atoms with van der Waals surface area (Å²) >= 11 is 0. The monoisotopic (exact) mass is 184 g/mol. The predicted molar refractivity (Wildman–Crippen MR) is 59.5 cm³/mol. The van der Waals surface area contributed by atoms with Gasteiger partial charge in [0.05, 0.1) is 5.69 Å². The molecule has 0 amide bonds. The molecule has 2 nitrogen and oxygen atoms in total. The first kappa shape index (κ1) is 8.63. The first-order valence-corrected chi connectivity index (χ1v) is 4.46. The van der Waals surface area contributed by atoms with E-state index in [0.29, 0.717) is 5.70 Å². The van der Waals surface area contributed by atoms with E-state index >= 15 is 0 Å². The van der Waals surface area contributed by atoms with Crippen LogP contribution in [0.1, 0.15) is 5.69 Å². The summed E-state index contributed by atoms with van der Waals surface area (Å²) in [6.07, 6.45) is 1.87. The molecule has 0 spiro atoms. The van der Waals surface area contributed by atoms with Gasteiger partial charge in [0.1, 0.15) is 0 Å².